The van der Waals surface area contributed by atoms with Gasteiger partial charge in [0.05, 0.1) is 32.2 Å². The fourth-order valence-electron chi connectivity index (χ4n) is 2.33. The lowest BCUT2D eigenvalue weighted by molar-refractivity contribution is -0.148. The molecule has 0 aliphatic rings. The number of hydrogen-bond acceptors (Lipinski definition) is 7. The Kier molecular flexibility index (Phi) is 13.3. The summed E-state index contributed by atoms with van der Waals surface area (Å²) in [6, 6.07) is 1.09. The van der Waals surface area contributed by atoms with Crippen LogP contribution in [-0.2, 0) is 23.5 Å². The molecule has 8 heteroatoms. The minimum Gasteiger partial charge on any atom is -0.465 e. The third-order valence-corrected chi connectivity index (χ3v) is 6.55. The SMILES string of the molecule is C=CC(=O)OCC(CO)COC(=O)CCN(C)CCC[Si](C)(C)OCC. The minimum absolute atomic E-state index is 0.00591. The molecule has 0 aromatic carbocycles. The zero-order valence-corrected chi connectivity index (χ0v) is 17.7. The Bertz CT molecular complexity index is 430. The van der Waals surface area contributed by atoms with E-state index in [2.05, 4.69) is 24.6 Å². The molecule has 0 amide bonds. The van der Waals surface area contributed by atoms with Crippen LogP contribution in [-0.4, -0.2) is 76.8 Å². The maximum atomic E-state index is 11.8. The lowest BCUT2D eigenvalue weighted by Gasteiger charge is -2.23. The van der Waals surface area contributed by atoms with E-state index in [-0.39, 0.29) is 32.2 Å². The second-order valence-electron chi connectivity index (χ2n) is 6.92. The number of hydrogen-bond donors (Lipinski definition) is 1. The van der Waals surface area contributed by atoms with Crippen LogP contribution < -0.4 is 0 Å². The molecule has 0 aromatic heterocycles. The molecule has 0 bridgehead atoms. The van der Waals surface area contributed by atoms with Crippen LogP contribution in [0, 0.1) is 5.92 Å². The van der Waals surface area contributed by atoms with Crippen molar-refractivity contribution in [2.75, 3.05) is 46.6 Å². The summed E-state index contributed by atoms with van der Waals surface area (Å²) in [6.07, 6.45) is 2.38. The number of rotatable bonds is 15. The average Bonchev–Trinajstić information content (AvgIpc) is 2.59. The Hall–Kier alpha value is -1.22. The van der Waals surface area contributed by atoms with E-state index < -0.39 is 20.2 Å². The van der Waals surface area contributed by atoms with Gasteiger partial charge in [-0.3, -0.25) is 4.79 Å². The van der Waals surface area contributed by atoms with E-state index in [0.29, 0.717) is 6.54 Å². The van der Waals surface area contributed by atoms with E-state index in [0.717, 1.165) is 31.7 Å². The number of esters is 2. The van der Waals surface area contributed by atoms with Crippen molar-refractivity contribution in [1.82, 2.24) is 4.90 Å². The first kappa shape index (κ1) is 24.8. The van der Waals surface area contributed by atoms with E-state index in [1.165, 1.54) is 0 Å². The Morgan fingerprint density at radius 3 is 2.46 bits per heavy atom. The number of carbonyl (C=O) groups excluding carboxylic acids is 2. The third kappa shape index (κ3) is 13.0. The predicted molar refractivity (Wildman–Crippen MR) is 103 cm³/mol. The summed E-state index contributed by atoms with van der Waals surface area (Å²) in [4.78, 5) is 24.9. The third-order valence-electron chi connectivity index (χ3n) is 3.92. The van der Waals surface area contributed by atoms with Crippen LogP contribution in [0.5, 0.6) is 0 Å². The first-order chi connectivity index (χ1) is 12.2. The smallest absolute Gasteiger partial charge is 0.330 e. The number of nitrogens with zero attached hydrogens (tertiary/aromatic N) is 1. The summed E-state index contributed by atoms with van der Waals surface area (Å²) >= 11 is 0. The van der Waals surface area contributed by atoms with Gasteiger partial charge in [0.2, 0.25) is 0 Å². The predicted octanol–water partition coefficient (Wildman–Crippen LogP) is 1.82. The summed E-state index contributed by atoms with van der Waals surface area (Å²) in [6.45, 7) is 11.8. The summed E-state index contributed by atoms with van der Waals surface area (Å²) in [5.41, 5.74) is 0. The van der Waals surface area contributed by atoms with E-state index in [4.69, 9.17) is 13.9 Å². The van der Waals surface area contributed by atoms with Gasteiger partial charge < -0.3 is 23.9 Å². The lowest BCUT2D eigenvalue weighted by Crippen LogP contribution is -2.32. The van der Waals surface area contributed by atoms with Crippen molar-refractivity contribution in [3.63, 3.8) is 0 Å². The van der Waals surface area contributed by atoms with Gasteiger partial charge in [0.1, 0.15) is 0 Å². The van der Waals surface area contributed by atoms with Gasteiger partial charge in [-0.1, -0.05) is 6.58 Å². The molecule has 0 aliphatic carbocycles. The van der Waals surface area contributed by atoms with E-state index in [9.17, 15) is 14.7 Å². The Labute approximate surface area is 158 Å². The molecule has 0 saturated carbocycles. The normalized spacial score (nSPS) is 12.7. The molecule has 0 rings (SSSR count). The molecular formula is C18H35NO6Si. The van der Waals surface area contributed by atoms with Crippen molar-refractivity contribution in [3.8, 4) is 0 Å². The van der Waals surface area contributed by atoms with Gasteiger partial charge in [-0.25, -0.2) is 4.79 Å². The number of aliphatic hydroxyl groups excluding tert-OH is 1. The van der Waals surface area contributed by atoms with Crippen molar-refractivity contribution in [2.24, 2.45) is 5.92 Å². The zero-order chi connectivity index (χ0) is 20.0. The fraction of sp³-hybridized carbons (Fsp3) is 0.778. The van der Waals surface area contributed by atoms with Crippen LogP contribution in [0.2, 0.25) is 19.1 Å². The number of aliphatic hydroxyl groups is 1. The van der Waals surface area contributed by atoms with E-state index in [1.54, 1.807) is 0 Å². The van der Waals surface area contributed by atoms with Crippen molar-refractivity contribution >= 4 is 20.3 Å². The van der Waals surface area contributed by atoms with Crippen molar-refractivity contribution in [2.45, 2.75) is 38.9 Å². The zero-order valence-electron chi connectivity index (χ0n) is 16.7. The molecule has 7 nitrogen and oxygen atoms in total. The van der Waals surface area contributed by atoms with Gasteiger partial charge in [0, 0.05) is 19.2 Å². The van der Waals surface area contributed by atoms with Crippen LogP contribution in [0.4, 0.5) is 0 Å². The molecule has 152 valence electrons. The fourth-order valence-corrected chi connectivity index (χ4v) is 4.26. The highest BCUT2D eigenvalue weighted by atomic mass is 28.4. The highest BCUT2D eigenvalue weighted by Gasteiger charge is 2.21. The summed E-state index contributed by atoms with van der Waals surface area (Å²) < 4.78 is 15.8. The van der Waals surface area contributed by atoms with Crippen LogP contribution in [0.3, 0.4) is 0 Å². The van der Waals surface area contributed by atoms with Gasteiger partial charge in [-0.05, 0) is 46.1 Å². The number of ether oxygens (including phenoxy) is 2. The highest BCUT2D eigenvalue weighted by molar-refractivity contribution is 6.71. The van der Waals surface area contributed by atoms with Crippen molar-refractivity contribution < 1.29 is 28.6 Å². The van der Waals surface area contributed by atoms with Crippen molar-refractivity contribution in [1.29, 1.82) is 0 Å². The van der Waals surface area contributed by atoms with Crippen molar-refractivity contribution in [3.05, 3.63) is 12.7 Å². The molecule has 1 N–H and O–H groups in total. The van der Waals surface area contributed by atoms with Gasteiger partial charge in [0.15, 0.2) is 8.32 Å². The molecule has 1 unspecified atom stereocenters. The molecule has 0 aliphatic heterocycles. The highest BCUT2D eigenvalue weighted by Crippen LogP contribution is 2.13. The molecule has 0 heterocycles. The molecule has 0 fully saturated rings. The summed E-state index contributed by atoms with van der Waals surface area (Å²) in [7, 11) is 0.433. The Morgan fingerprint density at radius 2 is 1.88 bits per heavy atom. The second kappa shape index (κ2) is 13.9. The maximum absolute atomic E-state index is 11.8. The molecule has 0 spiro atoms. The Morgan fingerprint density at radius 1 is 1.23 bits per heavy atom. The first-order valence-electron chi connectivity index (χ1n) is 9.12. The summed E-state index contributed by atoms with van der Waals surface area (Å²) in [5.74, 6) is -1.31. The largest absolute Gasteiger partial charge is 0.465 e. The van der Waals surface area contributed by atoms with Crippen LogP contribution in [0.25, 0.3) is 0 Å². The van der Waals surface area contributed by atoms with Gasteiger partial charge in [-0.15, -0.1) is 0 Å². The molecule has 26 heavy (non-hydrogen) atoms. The first-order valence-corrected chi connectivity index (χ1v) is 12.2. The molecule has 0 aromatic rings. The van der Waals surface area contributed by atoms with Gasteiger partial charge in [-0.2, -0.15) is 0 Å². The Balaban J connectivity index is 3.92. The lowest BCUT2D eigenvalue weighted by atomic mass is 10.2. The molecule has 0 radical (unpaired) electrons. The summed E-state index contributed by atoms with van der Waals surface area (Å²) in [5, 5.41) is 9.22. The quantitative estimate of drug-likeness (QED) is 0.260. The minimum atomic E-state index is -1.55. The monoisotopic (exact) mass is 389 g/mol. The van der Waals surface area contributed by atoms with Crippen LogP contribution in [0.1, 0.15) is 19.8 Å². The average molecular weight is 390 g/mol. The van der Waals surface area contributed by atoms with Crippen LogP contribution in [0.15, 0.2) is 12.7 Å². The standard InChI is InChI=1S/C18H35NO6Si/c1-6-17(21)23-14-16(13-20)15-24-18(22)9-11-19(3)10-8-12-26(4,5)25-7-2/h6,16,20H,1,7-15H2,2-5H3. The van der Waals surface area contributed by atoms with E-state index >= 15 is 0 Å². The van der Waals surface area contributed by atoms with E-state index in [1.807, 2.05) is 14.0 Å². The second-order valence-corrected chi connectivity index (χ2v) is 11.2. The number of carbonyl (C=O) groups is 2. The molecule has 1 atom stereocenters. The van der Waals surface area contributed by atoms with Gasteiger partial charge in [0.25, 0.3) is 0 Å². The maximum Gasteiger partial charge on any atom is 0.330 e. The molecule has 0 saturated heterocycles. The topological polar surface area (TPSA) is 85.3 Å². The molecular weight excluding hydrogens is 354 g/mol. The van der Waals surface area contributed by atoms with Crippen LogP contribution >= 0.6 is 0 Å². The van der Waals surface area contributed by atoms with Gasteiger partial charge >= 0.3 is 11.9 Å².